The highest BCUT2D eigenvalue weighted by atomic mass is 16.9. The zero-order chi connectivity index (χ0) is 25.2. The Morgan fingerprint density at radius 1 is 0.471 bits per heavy atom. The fraction of sp³-hybridized carbons (Fsp3) is 1.00. The predicted molar refractivity (Wildman–Crippen MR) is 134 cm³/mol. The summed E-state index contributed by atoms with van der Waals surface area (Å²) in [6.45, 7) is 6.64. The number of hydrogen-bond acceptors (Lipinski definition) is 8. The lowest BCUT2D eigenvalue weighted by Crippen LogP contribution is -2.52. The average Bonchev–Trinajstić information content (AvgIpc) is 2.85. The van der Waals surface area contributed by atoms with Gasteiger partial charge in [0.1, 0.15) is 6.10 Å². The Kier molecular flexibility index (Phi) is 25.5. The first kappa shape index (κ1) is 33.7. The van der Waals surface area contributed by atoms with Gasteiger partial charge in [-0.3, -0.25) is 0 Å². The van der Waals surface area contributed by atoms with Crippen molar-refractivity contribution in [1.82, 2.24) is 0 Å². The average molecular weight is 495 g/mol. The molecular formula is C26H54O8. The summed E-state index contributed by atoms with van der Waals surface area (Å²) < 4.78 is 46.2. The van der Waals surface area contributed by atoms with Crippen molar-refractivity contribution in [2.24, 2.45) is 0 Å². The molecule has 0 aromatic heterocycles. The maximum absolute atomic E-state index is 6.36. The van der Waals surface area contributed by atoms with Gasteiger partial charge in [0.05, 0.1) is 19.8 Å². The van der Waals surface area contributed by atoms with Gasteiger partial charge in [-0.15, -0.1) is 0 Å². The van der Waals surface area contributed by atoms with E-state index in [0.717, 1.165) is 44.9 Å². The molecule has 0 spiro atoms. The number of methoxy groups -OCH3 is 4. The summed E-state index contributed by atoms with van der Waals surface area (Å²) in [5.41, 5.74) is 0. The Labute approximate surface area is 209 Å². The lowest BCUT2D eigenvalue weighted by atomic mass is 10.1. The van der Waals surface area contributed by atoms with Crippen LogP contribution >= 0.6 is 0 Å². The van der Waals surface area contributed by atoms with Crippen LogP contribution in [0.4, 0.5) is 0 Å². The van der Waals surface area contributed by atoms with E-state index in [4.69, 9.17) is 37.9 Å². The Hall–Kier alpha value is -0.320. The molecule has 0 aliphatic heterocycles. The Balaban J connectivity index is 5.43. The summed E-state index contributed by atoms with van der Waals surface area (Å²) >= 11 is 0. The van der Waals surface area contributed by atoms with Gasteiger partial charge in [0.25, 0.3) is 0 Å². The SMILES string of the molecule is CCCCCCCCC(OCCCOC)C(OCCCOC)(OCCCOC)OCCCOC. The summed E-state index contributed by atoms with van der Waals surface area (Å²) in [5, 5.41) is 0. The van der Waals surface area contributed by atoms with E-state index in [1.807, 2.05) is 0 Å². The van der Waals surface area contributed by atoms with Crippen LogP contribution in [0.5, 0.6) is 0 Å². The molecular weight excluding hydrogens is 440 g/mol. The number of rotatable bonds is 28. The maximum atomic E-state index is 6.36. The summed E-state index contributed by atoms with van der Waals surface area (Å²) in [5.74, 6) is -1.27. The molecule has 0 heterocycles. The minimum atomic E-state index is -1.27. The molecule has 0 N–H and O–H groups in total. The quantitative estimate of drug-likeness (QED) is 0.111. The third-order valence-electron chi connectivity index (χ3n) is 5.41. The van der Waals surface area contributed by atoms with Crippen molar-refractivity contribution < 1.29 is 37.9 Å². The van der Waals surface area contributed by atoms with Crippen LogP contribution in [0.1, 0.15) is 77.6 Å². The predicted octanol–water partition coefficient (Wildman–Crippen LogP) is 4.97. The molecule has 0 aliphatic rings. The van der Waals surface area contributed by atoms with Gasteiger partial charge in [-0.1, -0.05) is 45.4 Å². The molecule has 0 bridgehead atoms. The van der Waals surface area contributed by atoms with Gasteiger partial charge in [-0.05, 0) is 32.1 Å². The van der Waals surface area contributed by atoms with Crippen molar-refractivity contribution in [1.29, 1.82) is 0 Å². The first-order valence-electron chi connectivity index (χ1n) is 13.2. The topological polar surface area (TPSA) is 73.8 Å². The summed E-state index contributed by atoms with van der Waals surface area (Å²) in [6.07, 6.45) is 10.7. The van der Waals surface area contributed by atoms with Crippen LogP contribution in [-0.2, 0) is 37.9 Å². The molecule has 0 aromatic carbocycles. The van der Waals surface area contributed by atoms with Gasteiger partial charge in [-0.2, -0.15) is 0 Å². The molecule has 206 valence electrons. The van der Waals surface area contributed by atoms with Crippen molar-refractivity contribution in [3.63, 3.8) is 0 Å². The molecule has 0 amide bonds. The number of hydrogen-bond donors (Lipinski definition) is 0. The normalized spacial score (nSPS) is 13.0. The van der Waals surface area contributed by atoms with Gasteiger partial charge in [0, 0.05) is 61.5 Å². The lowest BCUT2D eigenvalue weighted by Gasteiger charge is -2.39. The van der Waals surface area contributed by atoms with E-state index in [-0.39, 0.29) is 6.10 Å². The molecule has 0 saturated heterocycles. The highest BCUT2D eigenvalue weighted by molar-refractivity contribution is 4.74. The highest BCUT2D eigenvalue weighted by Crippen LogP contribution is 2.29. The van der Waals surface area contributed by atoms with Crippen molar-refractivity contribution in [3.05, 3.63) is 0 Å². The van der Waals surface area contributed by atoms with Crippen LogP contribution in [0.25, 0.3) is 0 Å². The van der Waals surface area contributed by atoms with E-state index in [1.165, 1.54) is 25.7 Å². The second-order valence-corrected chi connectivity index (χ2v) is 8.45. The van der Waals surface area contributed by atoms with E-state index in [2.05, 4.69) is 6.92 Å². The minimum Gasteiger partial charge on any atom is -0.385 e. The first-order chi connectivity index (χ1) is 16.7. The fourth-order valence-electron chi connectivity index (χ4n) is 3.56. The third kappa shape index (κ3) is 18.0. The third-order valence-corrected chi connectivity index (χ3v) is 5.41. The second kappa shape index (κ2) is 25.8. The molecule has 0 aliphatic carbocycles. The van der Waals surface area contributed by atoms with Crippen LogP contribution < -0.4 is 0 Å². The van der Waals surface area contributed by atoms with Gasteiger partial charge in [-0.25, -0.2) is 0 Å². The van der Waals surface area contributed by atoms with Crippen LogP contribution in [0, 0.1) is 0 Å². The molecule has 0 saturated carbocycles. The molecule has 0 radical (unpaired) electrons. The minimum absolute atomic E-state index is 0.344. The summed E-state index contributed by atoms with van der Waals surface area (Å²) in [7, 11) is 6.77. The monoisotopic (exact) mass is 494 g/mol. The van der Waals surface area contributed by atoms with E-state index in [1.54, 1.807) is 28.4 Å². The van der Waals surface area contributed by atoms with Gasteiger partial charge in [0.15, 0.2) is 0 Å². The van der Waals surface area contributed by atoms with Gasteiger partial charge in [0.2, 0.25) is 0 Å². The molecule has 1 unspecified atom stereocenters. The second-order valence-electron chi connectivity index (χ2n) is 8.45. The van der Waals surface area contributed by atoms with Crippen LogP contribution in [0.2, 0.25) is 0 Å². The Morgan fingerprint density at radius 2 is 0.882 bits per heavy atom. The van der Waals surface area contributed by atoms with Gasteiger partial charge >= 0.3 is 5.97 Å². The zero-order valence-corrected chi connectivity index (χ0v) is 22.8. The fourth-order valence-corrected chi connectivity index (χ4v) is 3.56. The molecule has 0 fully saturated rings. The van der Waals surface area contributed by atoms with Gasteiger partial charge < -0.3 is 37.9 Å². The van der Waals surface area contributed by atoms with Crippen molar-refractivity contribution >= 4 is 0 Å². The summed E-state index contributed by atoms with van der Waals surface area (Å²) in [4.78, 5) is 0. The standard InChI is InChI=1S/C26H54O8/c1-6-7-8-9-10-11-16-25(31-21-12-17-27-2)26(32-22-13-18-28-3,33-23-14-19-29-4)34-24-15-20-30-5/h25H,6-24H2,1-5H3. The van der Waals surface area contributed by atoms with Crippen molar-refractivity contribution in [2.75, 3.05) is 81.3 Å². The molecule has 0 rings (SSSR count). The first-order valence-corrected chi connectivity index (χ1v) is 13.2. The zero-order valence-electron chi connectivity index (χ0n) is 22.8. The largest absolute Gasteiger partial charge is 0.385 e. The van der Waals surface area contributed by atoms with Crippen LogP contribution in [-0.4, -0.2) is 93.4 Å². The number of unbranched alkanes of at least 4 members (excludes halogenated alkanes) is 5. The number of ether oxygens (including phenoxy) is 8. The van der Waals surface area contributed by atoms with E-state index < -0.39 is 5.97 Å². The van der Waals surface area contributed by atoms with E-state index in [0.29, 0.717) is 52.9 Å². The smallest absolute Gasteiger partial charge is 0.310 e. The van der Waals surface area contributed by atoms with Crippen molar-refractivity contribution in [3.8, 4) is 0 Å². The van der Waals surface area contributed by atoms with Crippen molar-refractivity contribution in [2.45, 2.75) is 89.6 Å². The van der Waals surface area contributed by atoms with E-state index in [9.17, 15) is 0 Å². The highest BCUT2D eigenvalue weighted by Gasteiger charge is 2.43. The molecule has 8 nitrogen and oxygen atoms in total. The maximum Gasteiger partial charge on any atom is 0.310 e. The summed E-state index contributed by atoms with van der Waals surface area (Å²) in [6, 6.07) is 0. The van der Waals surface area contributed by atoms with Crippen LogP contribution in [0.15, 0.2) is 0 Å². The molecule has 8 heteroatoms. The molecule has 34 heavy (non-hydrogen) atoms. The Bertz CT molecular complexity index is 366. The van der Waals surface area contributed by atoms with Crippen LogP contribution in [0.3, 0.4) is 0 Å². The molecule has 0 aromatic rings. The Morgan fingerprint density at radius 3 is 1.32 bits per heavy atom. The lowest BCUT2D eigenvalue weighted by molar-refractivity contribution is -0.419. The molecule has 1 atom stereocenters. The van der Waals surface area contributed by atoms with E-state index >= 15 is 0 Å².